The number of nitrogens with one attached hydrogen (secondary N) is 1. The normalized spacial score (nSPS) is 12.0. The smallest absolute Gasteiger partial charge is 0.131 e. The zero-order chi connectivity index (χ0) is 15.3. The Balaban J connectivity index is 2.68. The van der Waals surface area contributed by atoms with E-state index in [4.69, 9.17) is 0 Å². The van der Waals surface area contributed by atoms with E-state index in [2.05, 4.69) is 69.9 Å². The van der Waals surface area contributed by atoms with Crippen LogP contribution in [0.3, 0.4) is 0 Å². The van der Waals surface area contributed by atoms with Gasteiger partial charge >= 0.3 is 0 Å². The molecule has 1 aromatic rings. The average molecular weight is 277 g/mol. The molecule has 0 fully saturated rings. The first-order chi connectivity index (χ1) is 9.19. The molecule has 3 heteroatoms. The van der Waals surface area contributed by atoms with Gasteiger partial charge in [0.25, 0.3) is 0 Å². The van der Waals surface area contributed by atoms with E-state index in [1.165, 1.54) is 11.1 Å². The van der Waals surface area contributed by atoms with Crippen LogP contribution in [0.1, 0.15) is 45.7 Å². The molecule has 0 spiro atoms. The summed E-state index contributed by atoms with van der Waals surface area (Å²) in [6, 6.07) is 2.24. The summed E-state index contributed by atoms with van der Waals surface area (Å²) in [5.74, 6) is 1.77. The van der Waals surface area contributed by atoms with Gasteiger partial charge in [0.05, 0.1) is 0 Å². The predicted octanol–water partition coefficient (Wildman–Crippen LogP) is 3.62. The standard InChI is InChI=1S/C17H31N3/c1-13(2)9-18-10-15-8-14(3)16(19-11-15)20(7)12-17(4,5)6/h8,11,13,18H,9-10,12H2,1-7H3. The van der Waals surface area contributed by atoms with Crippen molar-refractivity contribution in [3.63, 3.8) is 0 Å². The largest absolute Gasteiger partial charge is 0.359 e. The van der Waals surface area contributed by atoms with Crippen molar-refractivity contribution in [2.24, 2.45) is 11.3 Å². The molecule has 0 radical (unpaired) electrons. The minimum Gasteiger partial charge on any atom is -0.359 e. The Morgan fingerprint density at radius 2 is 1.95 bits per heavy atom. The number of rotatable bonds is 6. The second kappa shape index (κ2) is 7.07. The van der Waals surface area contributed by atoms with E-state index in [1.54, 1.807) is 0 Å². The van der Waals surface area contributed by atoms with E-state index in [-0.39, 0.29) is 5.41 Å². The fourth-order valence-electron chi connectivity index (χ4n) is 2.41. The lowest BCUT2D eigenvalue weighted by Crippen LogP contribution is -2.30. The molecule has 0 bridgehead atoms. The molecule has 3 nitrogen and oxygen atoms in total. The van der Waals surface area contributed by atoms with E-state index in [0.29, 0.717) is 5.92 Å². The summed E-state index contributed by atoms with van der Waals surface area (Å²) in [6.45, 7) is 16.3. The summed E-state index contributed by atoms with van der Waals surface area (Å²) >= 11 is 0. The molecule has 0 aromatic carbocycles. The number of aromatic nitrogens is 1. The number of pyridine rings is 1. The molecule has 0 amide bonds. The molecule has 0 aliphatic carbocycles. The highest BCUT2D eigenvalue weighted by Gasteiger charge is 2.16. The third-order valence-corrected chi connectivity index (χ3v) is 3.06. The summed E-state index contributed by atoms with van der Waals surface area (Å²) in [5.41, 5.74) is 2.79. The highest BCUT2D eigenvalue weighted by Crippen LogP contribution is 2.22. The second-order valence-electron chi connectivity index (χ2n) is 7.43. The van der Waals surface area contributed by atoms with Crippen LogP contribution in [0.2, 0.25) is 0 Å². The Labute approximate surface area is 124 Å². The zero-order valence-corrected chi connectivity index (χ0v) is 14.2. The topological polar surface area (TPSA) is 28.2 Å². The van der Waals surface area contributed by atoms with Crippen molar-refractivity contribution in [1.29, 1.82) is 0 Å². The first-order valence-corrected chi connectivity index (χ1v) is 7.56. The fraction of sp³-hybridized carbons (Fsp3) is 0.706. The van der Waals surface area contributed by atoms with Crippen molar-refractivity contribution >= 4 is 5.82 Å². The Morgan fingerprint density at radius 1 is 1.30 bits per heavy atom. The van der Waals surface area contributed by atoms with Gasteiger partial charge in [0.2, 0.25) is 0 Å². The van der Waals surface area contributed by atoms with E-state index in [0.717, 1.165) is 25.5 Å². The van der Waals surface area contributed by atoms with Gasteiger partial charge in [0.1, 0.15) is 5.82 Å². The SMILES string of the molecule is Cc1cc(CNCC(C)C)cnc1N(C)CC(C)(C)C. The molecule has 0 aliphatic rings. The zero-order valence-electron chi connectivity index (χ0n) is 14.2. The summed E-state index contributed by atoms with van der Waals surface area (Å²) in [6.07, 6.45) is 1.99. The van der Waals surface area contributed by atoms with Gasteiger partial charge in [-0.1, -0.05) is 34.6 Å². The summed E-state index contributed by atoms with van der Waals surface area (Å²) in [5, 5.41) is 3.46. The molecule has 0 aliphatic heterocycles. The van der Waals surface area contributed by atoms with E-state index >= 15 is 0 Å². The van der Waals surface area contributed by atoms with Gasteiger partial charge < -0.3 is 10.2 Å². The molecule has 0 unspecified atom stereocenters. The minimum absolute atomic E-state index is 0.278. The Morgan fingerprint density at radius 3 is 2.45 bits per heavy atom. The van der Waals surface area contributed by atoms with Crippen LogP contribution in [-0.2, 0) is 6.54 Å². The highest BCUT2D eigenvalue weighted by atomic mass is 15.2. The molecule has 20 heavy (non-hydrogen) atoms. The third kappa shape index (κ3) is 5.91. The Bertz CT molecular complexity index is 419. The minimum atomic E-state index is 0.278. The molecule has 1 aromatic heterocycles. The van der Waals surface area contributed by atoms with Crippen LogP contribution in [-0.4, -0.2) is 25.1 Å². The van der Waals surface area contributed by atoms with Crippen molar-refractivity contribution in [3.05, 3.63) is 23.4 Å². The van der Waals surface area contributed by atoms with Crippen molar-refractivity contribution in [2.45, 2.75) is 48.1 Å². The van der Waals surface area contributed by atoms with Crippen LogP contribution in [0.15, 0.2) is 12.3 Å². The maximum Gasteiger partial charge on any atom is 0.131 e. The Hall–Kier alpha value is -1.09. The van der Waals surface area contributed by atoms with E-state index in [9.17, 15) is 0 Å². The maximum atomic E-state index is 4.65. The highest BCUT2D eigenvalue weighted by molar-refractivity contribution is 5.46. The molecule has 1 N–H and O–H groups in total. The lowest BCUT2D eigenvalue weighted by Gasteiger charge is -2.28. The molecule has 1 rings (SSSR count). The van der Waals surface area contributed by atoms with Crippen molar-refractivity contribution in [1.82, 2.24) is 10.3 Å². The first kappa shape index (κ1) is 17.0. The molecular weight excluding hydrogens is 246 g/mol. The van der Waals surface area contributed by atoms with E-state index < -0.39 is 0 Å². The number of hydrogen-bond acceptors (Lipinski definition) is 3. The van der Waals surface area contributed by atoms with Gasteiger partial charge in [-0.2, -0.15) is 0 Å². The van der Waals surface area contributed by atoms with Crippen LogP contribution >= 0.6 is 0 Å². The molecular formula is C17H31N3. The molecule has 0 saturated carbocycles. The van der Waals surface area contributed by atoms with Gasteiger partial charge in [0, 0.05) is 26.3 Å². The number of nitrogens with zero attached hydrogens (tertiary/aromatic N) is 2. The lowest BCUT2D eigenvalue weighted by molar-refractivity contribution is 0.417. The van der Waals surface area contributed by atoms with Crippen LogP contribution < -0.4 is 10.2 Å². The quantitative estimate of drug-likeness (QED) is 0.861. The van der Waals surface area contributed by atoms with Gasteiger partial charge in [-0.15, -0.1) is 0 Å². The number of aryl methyl sites for hydroxylation is 1. The second-order valence-corrected chi connectivity index (χ2v) is 7.43. The van der Waals surface area contributed by atoms with Crippen LogP contribution in [0.5, 0.6) is 0 Å². The van der Waals surface area contributed by atoms with Gasteiger partial charge in [-0.05, 0) is 42.0 Å². The monoisotopic (exact) mass is 277 g/mol. The maximum absolute atomic E-state index is 4.65. The van der Waals surface area contributed by atoms with Crippen LogP contribution in [0.25, 0.3) is 0 Å². The Kier molecular flexibility index (Phi) is 6.00. The molecule has 0 saturated heterocycles. The van der Waals surface area contributed by atoms with Crippen molar-refractivity contribution in [3.8, 4) is 0 Å². The van der Waals surface area contributed by atoms with Gasteiger partial charge in [-0.3, -0.25) is 0 Å². The molecule has 1 heterocycles. The van der Waals surface area contributed by atoms with Gasteiger partial charge in [0.15, 0.2) is 0 Å². The fourth-order valence-corrected chi connectivity index (χ4v) is 2.41. The average Bonchev–Trinajstić information content (AvgIpc) is 2.25. The third-order valence-electron chi connectivity index (χ3n) is 3.06. The summed E-state index contributed by atoms with van der Waals surface area (Å²) < 4.78 is 0. The summed E-state index contributed by atoms with van der Waals surface area (Å²) in [7, 11) is 2.12. The van der Waals surface area contributed by atoms with Crippen molar-refractivity contribution < 1.29 is 0 Å². The lowest BCUT2D eigenvalue weighted by atomic mass is 9.96. The van der Waals surface area contributed by atoms with Crippen LogP contribution in [0.4, 0.5) is 5.82 Å². The van der Waals surface area contributed by atoms with Gasteiger partial charge in [-0.25, -0.2) is 4.98 Å². The van der Waals surface area contributed by atoms with Crippen molar-refractivity contribution in [2.75, 3.05) is 25.0 Å². The molecule has 0 atom stereocenters. The predicted molar refractivity (Wildman–Crippen MR) is 88.2 cm³/mol. The van der Waals surface area contributed by atoms with Crippen LogP contribution in [0, 0.1) is 18.3 Å². The summed E-state index contributed by atoms with van der Waals surface area (Å²) in [4.78, 5) is 6.90. The number of hydrogen-bond donors (Lipinski definition) is 1. The number of anilines is 1. The first-order valence-electron chi connectivity index (χ1n) is 7.56. The van der Waals surface area contributed by atoms with E-state index in [1.807, 2.05) is 6.20 Å². The molecule has 114 valence electrons.